The fourth-order valence-corrected chi connectivity index (χ4v) is 2.11. The molecule has 0 spiro atoms. The quantitative estimate of drug-likeness (QED) is 0.685. The Morgan fingerprint density at radius 1 is 1.15 bits per heavy atom. The second-order valence-electron chi connectivity index (χ2n) is 4.06. The van der Waals surface area contributed by atoms with Gasteiger partial charge in [0.15, 0.2) is 11.6 Å². The highest BCUT2D eigenvalue weighted by molar-refractivity contribution is 14.1. The summed E-state index contributed by atoms with van der Waals surface area (Å²) in [6.45, 7) is 0. The van der Waals surface area contributed by atoms with E-state index in [2.05, 4.69) is 42.9 Å². The molecule has 0 aliphatic rings. The number of hydrogen-bond acceptors (Lipinski definition) is 5. The number of benzene rings is 1. The number of rotatable bonds is 3. The van der Waals surface area contributed by atoms with Gasteiger partial charge in [-0.1, -0.05) is 0 Å². The van der Waals surface area contributed by atoms with Gasteiger partial charge in [0, 0.05) is 21.7 Å². The van der Waals surface area contributed by atoms with Gasteiger partial charge in [0.25, 0.3) is 0 Å². The SMILES string of the molecule is Nc1c(Nc2ccc(I)cc2)ncnc1-n1ccnc1. The Morgan fingerprint density at radius 2 is 1.95 bits per heavy atom. The second-order valence-corrected chi connectivity index (χ2v) is 5.31. The predicted molar refractivity (Wildman–Crippen MR) is 86.0 cm³/mol. The van der Waals surface area contributed by atoms with Crippen LogP contribution in [-0.4, -0.2) is 19.5 Å². The van der Waals surface area contributed by atoms with Crippen molar-refractivity contribution in [2.24, 2.45) is 0 Å². The summed E-state index contributed by atoms with van der Waals surface area (Å²) >= 11 is 2.26. The van der Waals surface area contributed by atoms with Gasteiger partial charge in [-0.3, -0.25) is 4.57 Å². The minimum atomic E-state index is 0.476. The van der Waals surface area contributed by atoms with Crippen molar-refractivity contribution < 1.29 is 0 Å². The third-order valence-electron chi connectivity index (χ3n) is 2.72. The van der Waals surface area contributed by atoms with E-state index in [4.69, 9.17) is 5.73 Å². The molecule has 0 aliphatic heterocycles. The predicted octanol–water partition coefficient (Wildman–Crippen LogP) is 2.59. The van der Waals surface area contributed by atoms with Gasteiger partial charge in [0.05, 0.1) is 0 Å². The molecule has 20 heavy (non-hydrogen) atoms. The highest BCUT2D eigenvalue weighted by atomic mass is 127. The summed E-state index contributed by atoms with van der Waals surface area (Å²) < 4.78 is 2.92. The molecule has 0 unspecified atom stereocenters. The molecule has 3 aromatic rings. The molecule has 0 aliphatic carbocycles. The number of imidazole rings is 1. The fraction of sp³-hybridized carbons (Fsp3) is 0. The van der Waals surface area contributed by atoms with Crippen molar-refractivity contribution >= 4 is 39.8 Å². The van der Waals surface area contributed by atoms with Crippen LogP contribution in [0.5, 0.6) is 0 Å². The maximum absolute atomic E-state index is 6.11. The van der Waals surface area contributed by atoms with Gasteiger partial charge < -0.3 is 11.1 Å². The summed E-state index contributed by atoms with van der Waals surface area (Å²) in [6.07, 6.45) is 6.58. The molecule has 0 radical (unpaired) electrons. The van der Waals surface area contributed by atoms with Gasteiger partial charge in [-0.25, -0.2) is 15.0 Å². The van der Waals surface area contributed by atoms with Crippen LogP contribution in [0.25, 0.3) is 5.82 Å². The van der Waals surface area contributed by atoms with Crippen molar-refractivity contribution in [2.45, 2.75) is 0 Å². The van der Waals surface area contributed by atoms with Crippen LogP contribution >= 0.6 is 22.6 Å². The van der Waals surface area contributed by atoms with E-state index in [0.717, 1.165) is 5.69 Å². The first-order chi connectivity index (χ1) is 9.74. The molecule has 0 bridgehead atoms. The van der Waals surface area contributed by atoms with E-state index in [9.17, 15) is 0 Å². The molecule has 2 heterocycles. The topological polar surface area (TPSA) is 81.6 Å². The molecule has 2 aromatic heterocycles. The summed E-state index contributed by atoms with van der Waals surface area (Å²) in [7, 11) is 0. The van der Waals surface area contributed by atoms with E-state index < -0.39 is 0 Å². The number of aromatic nitrogens is 4. The monoisotopic (exact) mass is 378 g/mol. The molecular formula is C13H11IN6. The lowest BCUT2D eigenvalue weighted by atomic mass is 10.3. The molecule has 0 saturated heterocycles. The molecule has 7 heteroatoms. The molecular weight excluding hydrogens is 367 g/mol. The summed E-state index contributed by atoms with van der Waals surface area (Å²) in [5, 5.41) is 3.19. The van der Waals surface area contributed by atoms with E-state index >= 15 is 0 Å². The maximum Gasteiger partial charge on any atom is 0.166 e. The number of nitrogens with zero attached hydrogens (tertiary/aromatic N) is 4. The first-order valence-corrected chi connectivity index (χ1v) is 6.93. The van der Waals surface area contributed by atoms with Crippen molar-refractivity contribution in [2.75, 3.05) is 11.1 Å². The van der Waals surface area contributed by atoms with Gasteiger partial charge in [0.1, 0.15) is 18.3 Å². The Labute approximate surface area is 129 Å². The van der Waals surface area contributed by atoms with Crippen LogP contribution in [0.15, 0.2) is 49.3 Å². The second kappa shape index (κ2) is 5.45. The van der Waals surface area contributed by atoms with Crippen molar-refractivity contribution in [3.8, 4) is 5.82 Å². The third kappa shape index (κ3) is 2.57. The number of nitrogen functional groups attached to an aromatic ring is 1. The minimum absolute atomic E-state index is 0.476. The zero-order valence-corrected chi connectivity index (χ0v) is 12.5. The highest BCUT2D eigenvalue weighted by Crippen LogP contribution is 2.24. The van der Waals surface area contributed by atoms with Crippen LogP contribution < -0.4 is 11.1 Å². The maximum atomic E-state index is 6.11. The van der Waals surface area contributed by atoms with Gasteiger partial charge in [-0.2, -0.15) is 0 Å². The molecule has 0 atom stereocenters. The van der Waals surface area contributed by atoms with Crippen molar-refractivity contribution in [3.63, 3.8) is 0 Å². The molecule has 0 amide bonds. The van der Waals surface area contributed by atoms with Crippen LogP contribution in [0.4, 0.5) is 17.2 Å². The van der Waals surface area contributed by atoms with Gasteiger partial charge in [0.2, 0.25) is 0 Å². The smallest absolute Gasteiger partial charge is 0.166 e. The van der Waals surface area contributed by atoms with Gasteiger partial charge >= 0.3 is 0 Å². The standard InChI is InChI=1S/C13H11IN6/c14-9-1-3-10(4-2-9)19-12-11(15)13(18-7-17-12)20-6-5-16-8-20/h1-8H,15H2,(H,17,18,19). The average molecular weight is 378 g/mol. The normalized spacial score (nSPS) is 10.4. The summed E-state index contributed by atoms with van der Waals surface area (Å²) in [5.41, 5.74) is 7.51. The zero-order valence-electron chi connectivity index (χ0n) is 10.4. The lowest BCUT2D eigenvalue weighted by Crippen LogP contribution is -2.06. The van der Waals surface area contributed by atoms with Gasteiger partial charge in [-0.05, 0) is 46.9 Å². The largest absolute Gasteiger partial charge is 0.393 e. The molecule has 3 rings (SSSR count). The van der Waals surface area contributed by atoms with E-state index in [-0.39, 0.29) is 0 Å². The van der Waals surface area contributed by atoms with Crippen LogP contribution in [0.1, 0.15) is 0 Å². The van der Waals surface area contributed by atoms with E-state index in [0.29, 0.717) is 17.3 Å². The average Bonchev–Trinajstić information content (AvgIpc) is 2.97. The van der Waals surface area contributed by atoms with Crippen LogP contribution in [0.2, 0.25) is 0 Å². The number of hydrogen-bond donors (Lipinski definition) is 2. The Hall–Kier alpha value is -2.16. The lowest BCUT2D eigenvalue weighted by Gasteiger charge is -2.11. The summed E-state index contributed by atoms with van der Waals surface area (Å²) in [5.74, 6) is 1.18. The van der Waals surface area contributed by atoms with Gasteiger partial charge in [-0.15, -0.1) is 0 Å². The molecule has 1 aromatic carbocycles. The Balaban J connectivity index is 1.94. The third-order valence-corrected chi connectivity index (χ3v) is 3.44. The van der Waals surface area contributed by atoms with Crippen molar-refractivity contribution in [1.82, 2.24) is 19.5 Å². The number of nitrogens with one attached hydrogen (secondary N) is 1. The number of nitrogens with two attached hydrogens (primary N) is 1. The fourth-order valence-electron chi connectivity index (χ4n) is 1.75. The highest BCUT2D eigenvalue weighted by Gasteiger charge is 2.09. The van der Waals surface area contributed by atoms with E-state index in [1.54, 1.807) is 23.3 Å². The lowest BCUT2D eigenvalue weighted by molar-refractivity contribution is 0.977. The molecule has 6 nitrogen and oxygen atoms in total. The minimum Gasteiger partial charge on any atom is -0.393 e. The molecule has 0 fully saturated rings. The number of anilines is 3. The first kappa shape index (κ1) is 12.9. The first-order valence-electron chi connectivity index (χ1n) is 5.85. The van der Waals surface area contributed by atoms with Crippen LogP contribution in [0, 0.1) is 3.57 Å². The van der Waals surface area contributed by atoms with E-state index in [1.165, 1.54) is 9.90 Å². The molecule has 100 valence electrons. The Kier molecular flexibility index (Phi) is 3.50. The van der Waals surface area contributed by atoms with Crippen LogP contribution in [-0.2, 0) is 0 Å². The van der Waals surface area contributed by atoms with E-state index in [1.807, 2.05) is 24.3 Å². The summed E-state index contributed by atoms with van der Waals surface area (Å²) in [6, 6.07) is 7.97. The zero-order chi connectivity index (χ0) is 13.9. The van der Waals surface area contributed by atoms with Crippen LogP contribution in [0.3, 0.4) is 0 Å². The van der Waals surface area contributed by atoms with Crippen molar-refractivity contribution in [1.29, 1.82) is 0 Å². The Bertz CT molecular complexity index is 708. The number of halogens is 1. The molecule has 3 N–H and O–H groups in total. The Morgan fingerprint density at radius 3 is 2.65 bits per heavy atom. The van der Waals surface area contributed by atoms with Crippen molar-refractivity contribution in [3.05, 3.63) is 52.9 Å². The molecule has 0 saturated carbocycles. The summed E-state index contributed by atoms with van der Waals surface area (Å²) in [4.78, 5) is 12.4.